The Kier molecular flexibility index (Phi) is 3.07. The summed E-state index contributed by atoms with van der Waals surface area (Å²) in [5.74, 6) is -1.17. The molecule has 0 aliphatic heterocycles. The van der Waals surface area contributed by atoms with Crippen LogP contribution in [0.25, 0.3) is 10.6 Å². The standard InChI is InChI=1S/C11H8BrNO2S/c1-6-9(11(14)15)16-10(13-6)7-3-2-4-8(12)5-7/h2-5H,1H3,(H,14,15)/p-1. The Morgan fingerprint density at radius 2 is 2.25 bits per heavy atom. The van der Waals surface area contributed by atoms with Gasteiger partial charge in [0, 0.05) is 10.0 Å². The number of aromatic nitrogens is 1. The number of carboxylic acid groups (broad SMARTS) is 1. The predicted molar refractivity (Wildman–Crippen MR) is 64.3 cm³/mol. The molecule has 0 fully saturated rings. The van der Waals surface area contributed by atoms with Crippen LogP contribution in [-0.2, 0) is 0 Å². The van der Waals surface area contributed by atoms with E-state index in [1.165, 1.54) is 0 Å². The molecule has 3 nitrogen and oxygen atoms in total. The van der Waals surface area contributed by atoms with Crippen LogP contribution in [0.4, 0.5) is 0 Å². The molecule has 82 valence electrons. The fourth-order valence-corrected chi connectivity index (χ4v) is 2.63. The quantitative estimate of drug-likeness (QED) is 0.854. The Labute approximate surface area is 105 Å². The van der Waals surface area contributed by atoms with Gasteiger partial charge in [-0.15, -0.1) is 11.3 Å². The Bertz CT molecular complexity index is 551. The van der Waals surface area contributed by atoms with Crippen LogP contribution in [0.1, 0.15) is 15.4 Å². The maximum absolute atomic E-state index is 10.8. The SMILES string of the molecule is Cc1nc(-c2cccc(Br)c2)sc1C(=O)[O-]. The first-order chi connectivity index (χ1) is 7.58. The highest BCUT2D eigenvalue weighted by atomic mass is 79.9. The van der Waals surface area contributed by atoms with Gasteiger partial charge in [0.15, 0.2) is 0 Å². The highest BCUT2D eigenvalue weighted by molar-refractivity contribution is 9.10. The second-order valence-corrected chi connectivity index (χ2v) is 5.15. The number of carboxylic acids is 1. The molecule has 5 heteroatoms. The average Bonchev–Trinajstić information content (AvgIpc) is 2.60. The molecule has 1 aromatic carbocycles. The second kappa shape index (κ2) is 4.35. The topological polar surface area (TPSA) is 53.0 Å². The van der Waals surface area contributed by atoms with Crippen LogP contribution in [0.2, 0.25) is 0 Å². The van der Waals surface area contributed by atoms with E-state index < -0.39 is 5.97 Å². The molecule has 0 atom stereocenters. The number of carbonyl (C=O) groups is 1. The van der Waals surface area contributed by atoms with E-state index in [1.807, 2.05) is 24.3 Å². The van der Waals surface area contributed by atoms with Crippen LogP contribution in [0.15, 0.2) is 28.7 Å². The largest absolute Gasteiger partial charge is 0.544 e. The Balaban J connectivity index is 2.49. The summed E-state index contributed by atoms with van der Waals surface area (Å²) in [5.41, 5.74) is 1.40. The number of benzene rings is 1. The average molecular weight is 297 g/mol. The number of aryl methyl sites for hydroxylation is 1. The van der Waals surface area contributed by atoms with Gasteiger partial charge in [0.2, 0.25) is 0 Å². The highest BCUT2D eigenvalue weighted by Crippen LogP contribution is 2.29. The van der Waals surface area contributed by atoms with Crippen LogP contribution in [0.5, 0.6) is 0 Å². The van der Waals surface area contributed by atoms with Crippen molar-refractivity contribution < 1.29 is 9.90 Å². The van der Waals surface area contributed by atoms with Gasteiger partial charge in [0.25, 0.3) is 0 Å². The van der Waals surface area contributed by atoms with E-state index in [2.05, 4.69) is 20.9 Å². The van der Waals surface area contributed by atoms with Crippen molar-refractivity contribution >= 4 is 33.2 Å². The van der Waals surface area contributed by atoms with Gasteiger partial charge in [-0.2, -0.15) is 0 Å². The van der Waals surface area contributed by atoms with Crippen LogP contribution in [0, 0.1) is 6.92 Å². The lowest BCUT2D eigenvalue weighted by Gasteiger charge is -1.96. The Hall–Kier alpha value is -1.20. The number of halogens is 1. The Morgan fingerprint density at radius 3 is 2.81 bits per heavy atom. The third kappa shape index (κ3) is 2.15. The van der Waals surface area contributed by atoms with E-state index in [0.717, 1.165) is 21.4 Å². The molecule has 1 aromatic heterocycles. The summed E-state index contributed by atoms with van der Waals surface area (Å²) in [5, 5.41) is 11.5. The van der Waals surface area contributed by atoms with Crippen molar-refractivity contribution in [2.24, 2.45) is 0 Å². The molecular formula is C11H7BrNO2S-. The first-order valence-corrected chi connectivity index (χ1v) is 6.13. The zero-order valence-electron chi connectivity index (χ0n) is 8.36. The molecule has 1 heterocycles. The van der Waals surface area contributed by atoms with Crippen molar-refractivity contribution in [2.45, 2.75) is 6.92 Å². The Morgan fingerprint density at radius 1 is 1.50 bits per heavy atom. The smallest absolute Gasteiger partial charge is 0.124 e. The van der Waals surface area contributed by atoms with Crippen molar-refractivity contribution in [2.75, 3.05) is 0 Å². The third-order valence-corrected chi connectivity index (χ3v) is 3.73. The first-order valence-electron chi connectivity index (χ1n) is 4.52. The van der Waals surface area contributed by atoms with E-state index in [0.29, 0.717) is 10.7 Å². The molecule has 0 saturated carbocycles. The van der Waals surface area contributed by atoms with Gasteiger partial charge in [0.05, 0.1) is 16.5 Å². The predicted octanol–water partition coefficient (Wildman–Crippen LogP) is 2.24. The van der Waals surface area contributed by atoms with Crippen molar-refractivity contribution in [3.63, 3.8) is 0 Å². The highest BCUT2D eigenvalue weighted by Gasteiger charge is 2.09. The lowest BCUT2D eigenvalue weighted by Crippen LogP contribution is -2.21. The number of thiazole rings is 1. The number of hydrogen-bond acceptors (Lipinski definition) is 4. The molecule has 0 radical (unpaired) electrons. The van der Waals surface area contributed by atoms with E-state index >= 15 is 0 Å². The molecule has 0 amide bonds. The fourth-order valence-electron chi connectivity index (χ4n) is 1.33. The molecule has 2 aromatic rings. The molecular weight excluding hydrogens is 290 g/mol. The van der Waals surface area contributed by atoms with Crippen molar-refractivity contribution in [3.8, 4) is 10.6 Å². The summed E-state index contributed by atoms with van der Waals surface area (Å²) in [7, 11) is 0. The number of rotatable bonds is 2. The minimum Gasteiger partial charge on any atom is -0.544 e. The van der Waals surface area contributed by atoms with Gasteiger partial charge in [-0.3, -0.25) is 0 Å². The minimum atomic E-state index is -1.17. The van der Waals surface area contributed by atoms with E-state index in [-0.39, 0.29) is 4.88 Å². The molecule has 0 spiro atoms. The second-order valence-electron chi connectivity index (χ2n) is 3.23. The van der Waals surface area contributed by atoms with Crippen LogP contribution >= 0.6 is 27.3 Å². The fraction of sp³-hybridized carbons (Fsp3) is 0.0909. The monoisotopic (exact) mass is 296 g/mol. The molecule has 16 heavy (non-hydrogen) atoms. The lowest BCUT2D eigenvalue weighted by atomic mass is 10.2. The number of hydrogen-bond donors (Lipinski definition) is 0. The van der Waals surface area contributed by atoms with Gasteiger partial charge in [-0.05, 0) is 19.1 Å². The summed E-state index contributed by atoms with van der Waals surface area (Å²) in [6.45, 7) is 1.67. The summed E-state index contributed by atoms with van der Waals surface area (Å²) in [6, 6.07) is 7.58. The maximum atomic E-state index is 10.8. The molecule has 0 aliphatic rings. The van der Waals surface area contributed by atoms with Gasteiger partial charge < -0.3 is 9.90 Å². The van der Waals surface area contributed by atoms with Gasteiger partial charge >= 0.3 is 0 Å². The molecule has 2 rings (SSSR count). The zero-order valence-corrected chi connectivity index (χ0v) is 10.8. The summed E-state index contributed by atoms with van der Waals surface area (Å²) >= 11 is 4.50. The van der Waals surface area contributed by atoms with Crippen LogP contribution < -0.4 is 5.11 Å². The van der Waals surface area contributed by atoms with Crippen molar-refractivity contribution in [3.05, 3.63) is 39.3 Å². The summed E-state index contributed by atoms with van der Waals surface area (Å²) in [6.07, 6.45) is 0. The van der Waals surface area contributed by atoms with Crippen LogP contribution in [-0.4, -0.2) is 11.0 Å². The van der Waals surface area contributed by atoms with E-state index in [4.69, 9.17) is 0 Å². The van der Waals surface area contributed by atoms with E-state index in [1.54, 1.807) is 6.92 Å². The normalized spacial score (nSPS) is 10.4. The number of carbonyl (C=O) groups excluding carboxylic acids is 1. The number of aromatic carboxylic acids is 1. The molecule has 0 aliphatic carbocycles. The lowest BCUT2D eigenvalue weighted by molar-refractivity contribution is -0.254. The molecule has 0 N–H and O–H groups in total. The summed E-state index contributed by atoms with van der Waals surface area (Å²) < 4.78 is 0.938. The minimum absolute atomic E-state index is 0.190. The molecule has 0 unspecified atom stereocenters. The van der Waals surface area contributed by atoms with Crippen molar-refractivity contribution in [1.82, 2.24) is 4.98 Å². The van der Waals surface area contributed by atoms with E-state index in [9.17, 15) is 9.90 Å². The summed E-state index contributed by atoms with van der Waals surface area (Å²) in [4.78, 5) is 15.2. The third-order valence-electron chi connectivity index (χ3n) is 2.05. The zero-order chi connectivity index (χ0) is 11.7. The van der Waals surface area contributed by atoms with Gasteiger partial charge in [0.1, 0.15) is 5.01 Å². The van der Waals surface area contributed by atoms with Crippen LogP contribution in [0.3, 0.4) is 0 Å². The number of nitrogens with zero attached hydrogens (tertiary/aromatic N) is 1. The molecule has 0 saturated heterocycles. The van der Waals surface area contributed by atoms with Gasteiger partial charge in [-0.1, -0.05) is 28.1 Å². The van der Waals surface area contributed by atoms with Crippen molar-refractivity contribution in [1.29, 1.82) is 0 Å². The molecule has 0 bridgehead atoms. The first kappa shape index (κ1) is 11.3. The van der Waals surface area contributed by atoms with Gasteiger partial charge in [-0.25, -0.2) is 4.98 Å². The maximum Gasteiger partial charge on any atom is 0.124 e.